The van der Waals surface area contributed by atoms with Gasteiger partial charge in [0.05, 0.1) is 25.8 Å². The molecule has 1 amide bonds. The zero-order valence-electron chi connectivity index (χ0n) is 11.1. The van der Waals surface area contributed by atoms with E-state index >= 15 is 0 Å². The maximum Gasteiger partial charge on any atom is 0.267 e. The number of hydrogen-bond donors (Lipinski definition) is 1. The second-order valence-electron chi connectivity index (χ2n) is 4.56. The smallest absolute Gasteiger partial charge is 0.267 e. The van der Waals surface area contributed by atoms with Crippen LogP contribution >= 0.6 is 69.3 Å². The fourth-order valence-corrected chi connectivity index (χ4v) is 4.81. The first-order chi connectivity index (χ1) is 10.9. The summed E-state index contributed by atoms with van der Waals surface area (Å²) in [6, 6.07) is 8.24. The number of anilines is 1. The summed E-state index contributed by atoms with van der Waals surface area (Å²) in [4.78, 5) is 12.8. The van der Waals surface area contributed by atoms with Gasteiger partial charge in [-0.05, 0) is 24.3 Å². The van der Waals surface area contributed by atoms with Crippen molar-refractivity contribution in [1.82, 2.24) is 0 Å². The number of carbonyl (C=O) groups excluding carboxylic acids is 1. The Hall–Kier alpha value is -0.680. The van der Waals surface area contributed by atoms with Crippen molar-refractivity contribution in [3.05, 3.63) is 60.3 Å². The quantitative estimate of drug-likeness (QED) is 0.455. The van der Waals surface area contributed by atoms with Crippen molar-refractivity contribution in [3.63, 3.8) is 0 Å². The lowest BCUT2D eigenvalue weighted by molar-refractivity contribution is 0.103. The SMILES string of the molecule is O=C(Nc1c(Cl)cccc1Cl)c1sc2cc(Cl)cc(Cl)c2c1Cl. The first-order valence-corrected chi connectivity index (χ1v) is 8.91. The Bertz CT molecular complexity index is 917. The molecule has 3 rings (SSSR count). The van der Waals surface area contributed by atoms with Crippen molar-refractivity contribution in [2.75, 3.05) is 5.32 Å². The number of thiophene rings is 1. The molecule has 1 aromatic heterocycles. The summed E-state index contributed by atoms with van der Waals surface area (Å²) < 4.78 is 0.725. The molecule has 0 atom stereocenters. The van der Waals surface area contributed by atoms with E-state index in [4.69, 9.17) is 58.0 Å². The highest BCUT2D eigenvalue weighted by Crippen LogP contribution is 2.42. The van der Waals surface area contributed by atoms with Gasteiger partial charge in [0.2, 0.25) is 0 Å². The lowest BCUT2D eigenvalue weighted by Gasteiger charge is -2.08. The number of nitrogens with one attached hydrogen (secondary N) is 1. The van der Waals surface area contributed by atoms with Crippen LogP contribution < -0.4 is 5.32 Å². The number of para-hydroxylation sites is 1. The van der Waals surface area contributed by atoms with Crippen LogP contribution in [0.4, 0.5) is 5.69 Å². The van der Waals surface area contributed by atoms with Crippen molar-refractivity contribution in [2.24, 2.45) is 0 Å². The molecule has 8 heteroatoms. The second-order valence-corrected chi connectivity index (χ2v) is 7.64. The summed E-state index contributed by atoms with van der Waals surface area (Å²) in [6.45, 7) is 0. The predicted octanol–water partition coefficient (Wildman–Crippen LogP) is 7.42. The van der Waals surface area contributed by atoms with Crippen LogP contribution in [0.2, 0.25) is 25.1 Å². The summed E-state index contributed by atoms with van der Waals surface area (Å²) in [5.41, 5.74) is 0.332. The Kier molecular flexibility index (Phi) is 4.98. The highest BCUT2D eigenvalue weighted by atomic mass is 35.5. The first-order valence-electron chi connectivity index (χ1n) is 6.21. The molecule has 3 aromatic rings. The average molecular weight is 426 g/mol. The lowest BCUT2D eigenvalue weighted by Crippen LogP contribution is -2.11. The number of halogens is 5. The zero-order chi connectivity index (χ0) is 16.7. The summed E-state index contributed by atoms with van der Waals surface area (Å²) in [7, 11) is 0. The van der Waals surface area contributed by atoms with E-state index in [-0.39, 0.29) is 5.02 Å². The molecule has 1 N–H and O–H groups in total. The fraction of sp³-hybridized carbons (Fsp3) is 0. The van der Waals surface area contributed by atoms with E-state index in [1.54, 1.807) is 30.3 Å². The lowest BCUT2D eigenvalue weighted by atomic mass is 10.2. The van der Waals surface area contributed by atoms with Crippen LogP contribution in [0, 0.1) is 0 Å². The van der Waals surface area contributed by atoms with E-state index in [1.807, 2.05) is 0 Å². The van der Waals surface area contributed by atoms with Gasteiger partial charge in [-0.2, -0.15) is 0 Å². The van der Waals surface area contributed by atoms with Gasteiger partial charge in [0.15, 0.2) is 0 Å². The molecule has 0 radical (unpaired) electrons. The van der Waals surface area contributed by atoms with Crippen molar-refractivity contribution >= 4 is 91.0 Å². The number of fused-ring (bicyclic) bond motifs is 1. The predicted molar refractivity (Wildman–Crippen MR) is 101 cm³/mol. The maximum atomic E-state index is 12.5. The second kappa shape index (κ2) is 6.67. The van der Waals surface area contributed by atoms with Crippen molar-refractivity contribution in [3.8, 4) is 0 Å². The molecule has 0 saturated carbocycles. The van der Waals surface area contributed by atoms with Gasteiger partial charge in [-0.1, -0.05) is 64.1 Å². The van der Waals surface area contributed by atoms with Gasteiger partial charge >= 0.3 is 0 Å². The Morgan fingerprint density at radius 2 is 1.61 bits per heavy atom. The topological polar surface area (TPSA) is 29.1 Å². The molecule has 1 heterocycles. The van der Waals surface area contributed by atoms with E-state index in [1.165, 1.54) is 11.3 Å². The summed E-state index contributed by atoms with van der Waals surface area (Å²) in [6.07, 6.45) is 0. The molecule has 0 aliphatic rings. The molecular weight excluding hydrogens is 420 g/mol. The van der Waals surface area contributed by atoms with Gasteiger partial charge in [0.25, 0.3) is 5.91 Å². The van der Waals surface area contributed by atoms with Crippen LogP contribution in [-0.4, -0.2) is 5.91 Å². The Morgan fingerprint density at radius 3 is 2.26 bits per heavy atom. The number of benzene rings is 2. The third-order valence-corrected chi connectivity index (χ3v) is 5.83. The van der Waals surface area contributed by atoms with Gasteiger partial charge in [-0.25, -0.2) is 0 Å². The fourth-order valence-electron chi connectivity index (χ4n) is 2.05. The average Bonchev–Trinajstić information content (AvgIpc) is 2.80. The van der Waals surface area contributed by atoms with Crippen LogP contribution in [0.15, 0.2) is 30.3 Å². The number of rotatable bonds is 2. The van der Waals surface area contributed by atoms with Crippen LogP contribution in [-0.2, 0) is 0 Å². The number of carbonyl (C=O) groups is 1. The van der Waals surface area contributed by atoms with Gasteiger partial charge in [0.1, 0.15) is 4.88 Å². The molecule has 118 valence electrons. The van der Waals surface area contributed by atoms with E-state index in [2.05, 4.69) is 5.32 Å². The molecule has 0 saturated heterocycles. The monoisotopic (exact) mass is 423 g/mol. The molecule has 0 spiro atoms. The third-order valence-electron chi connectivity index (χ3n) is 3.06. The highest BCUT2D eigenvalue weighted by Gasteiger charge is 2.21. The Morgan fingerprint density at radius 1 is 0.957 bits per heavy atom. The van der Waals surface area contributed by atoms with E-state index in [0.717, 1.165) is 4.70 Å². The summed E-state index contributed by atoms with van der Waals surface area (Å²) in [5.74, 6) is -0.418. The van der Waals surface area contributed by atoms with E-state index in [0.29, 0.717) is 36.0 Å². The molecular formula is C15H6Cl5NOS. The first kappa shape index (κ1) is 17.2. The summed E-state index contributed by atoms with van der Waals surface area (Å²) in [5, 5.41) is 5.08. The van der Waals surface area contributed by atoms with Gasteiger partial charge < -0.3 is 5.32 Å². The minimum absolute atomic E-state index is 0.271. The van der Waals surface area contributed by atoms with Crippen molar-refractivity contribution in [2.45, 2.75) is 0 Å². The van der Waals surface area contributed by atoms with E-state index < -0.39 is 5.91 Å². The molecule has 0 bridgehead atoms. The van der Waals surface area contributed by atoms with Crippen LogP contribution in [0.5, 0.6) is 0 Å². The van der Waals surface area contributed by atoms with Gasteiger partial charge in [-0.3, -0.25) is 4.79 Å². The Labute approximate surface area is 160 Å². The Balaban J connectivity index is 2.05. The minimum Gasteiger partial charge on any atom is -0.319 e. The molecule has 0 fully saturated rings. The van der Waals surface area contributed by atoms with Crippen LogP contribution in [0.25, 0.3) is 10.1 Å². The molecule has 0 aliphatic heterocycles. The molecule has 2 nitrogen and oxygen atoms in total. The van der Waals surface area contributed by atoms with Crippen molar-refractivity contribution < 1.29 is 4.79 Å². The third kappa shape index (κ3) is 3.27. The zero-order valence-corrected chi connectivity index (χ0v) is 15.7. The molecule has 0 unspecified atom stereocenters. The highest BCUT2D eigenvalue weighted by molar-refractivity contribution is 7.21. The minimum atomic E-state index is -0.418. The van der Waals surface area contributed by atoms with Crippen molar-refractivity contribution in [1.29, 1.82) is 0 Å². The summed E-state index contributed by atoms with van der Waals surface area (Å²) >= 11 is 31.8. The largest absolute Gasteiger partial charge is 0.319 e. The van der Waals surface area contributed by atoms with Gasteiger partial charge in [-0.15, -0.1) is 11.3 Å². The maximum absolute atomic E-state index is 12.5. The number of amides is 1. The van der Waals surface area contributed by atoms with Gasteiger partial charge in [0, 0.05) is 15.1 Å². The molecule has 2 aromatic carbocycles. The molecule has 0 aliphatic carbocycles. The molecule has 23 heavy (non-hydrogen) atoms. The normalized spacial score (nSPS) is 11.0. The van der Waals surface area contributed by atoms with Crippen LogP contribution in [0.3, 0.4) is 0 Å². The van der Waals surface area contributed by atoms with Crippen LogP contribution in [0.1, 0.15) is 9.67 Å². The van der Waals surface area contributed by atoms with E-state index in [9.17, 15) is 4.79 Å². The standard InChI is InChI=1S/C15H6Cl5NOS/c16-6-4-9(19)11-10(5-6)23-14(12(11)20)15(22)21-13-7(17)2-1-3-8(13)18/h1-5H,(H,21,22). The number of hydrogen-bond acceptors (Lipinski definition) is 2.